The second kappa shape index (κ2) is 6.86. The molecule has 0 unspecified atom stereocenters. The molecule has 0 aromatic heterocycles. The third-order valence-corrected chi connectivity index (χ3v) is 5.01. The summed E-state index contributed by atoms with van der Waals surface area (Å²) in [6.45, 7) is 1.15. The lowest BCUT2D eigenvalue weighted by atomic mass is 10.1. The molecule has 1 amide bonds. The summed E-state index contributed by atoms with van der Waals surface area (Å²) < 4.78 is 25.7. The van der Waals surface area contributed by atoms with Crippen molar-refractivity contribution >= 4 is 38.6 Å². The topological polar surface area (TPSA) is 75.6 Å². The summed E-state index contributed by atoms with van der Waals surface area (Å²) in [6.07, 6.45) is 1.73. The predicted molar refractivity (Wildman–Crippen MR) is 98.6 cm³/mol. The summed E-state index contributed by atoms with van der Waals surface area (Å²) >= 11 is 0. The summed E-state index contributed by atoms with van der Waals surface area (Å²) in [5.41, 5.74) is 1.57. The first-order valence-corrected chi connectivity index (χ1v) is 9.09. The molecule has 0 fully saturated rings. The van der Waals surface area contributed by atoms with Gasteiger partial charge in [-0.25, -0.2) is 13.1 Å². The predicted octanol–water partition coefficient (Wildman–Crippen LogP) is 3.42. The van der Waals surface area contributed by atoms with Crippen molar-refractivity contribution in [3.8, 4) is 0 Å². The van der Waals surface area contributed by atoms with E-state index in [1.807, 2.05) is 47.2 Å². The largest absolute Gasteiger partial charge is 0.274 e. The molecule has 0 saturated carbocycles. The number of carbonyl (C=O) groups excluding carboxylic acids is 1. The molecule has 3 aromatic rings. The van der Waals surface area contributed by atoms with E-state index in [0.29, 0.717) is 5.69 Å². The fourth-order valence-corrected chi connectivity index (χ4v) is 3.39. The number of amides is 1. The highest BCUT2D eigenvalue weighted by Gasteiger charge is 2.14. The highest BCUT2D eigenvalue weighted by molar-refractivity contribution is 7.90. The molecule has 0 bridgehead atoms. The van der Waals surface area contributed by atoms with E-state index in [4.69, 9.17) is 0 Å². The summed E-state index contributed by atoms with van der Waals surface area (Å²) in [6, 6.07) is 20.1. The van der Waals surface area contributed by atoms with Gasteiger partial charge >= 0.3 is 0 Å². The molecule has 0 aliphatic carbocycles. The number of aliphatic imine (C=N–C) groups is 1. The van der Waals surface area contributed by atoms with Gasteiger partial charge in [0.05, 0.1) is 10.6 Å². The second-order valence-electron chi connectivity index (χ2n) is 5.52. The summed E-state index contributed by atoms with van der Waals surface area (Å²) in [5.74, 6) is -0.626. The Hall–Kier alpha value is -2.99. The van der Waals surface area contributed by atoms with Gasteiger partial charge in [0, 0.05) is 13.1 Å². The van der Waals surface area contributed by atoms with Crippen molar-refractivity contribution in [2.75, 3.05) is 0 Å². The lowest BCUT2D eigenvalue weighted by Gasteiger charge is -2.04. The Labute approximate surface area is 146 Å². The number of hydrogen-bond donors (Lipinski definition) is 1. The van der Waals surface area contributed by atoms with Crippen molar-refractivity contribution < 1.29 is 13.2 Å². The van der Waals surface area contributed by atoms with Crippen LogP contribution in [-0.2, 0) is 14.8 Å². The quantitative estimate of drug-likeness (QED) is 0.731. The molecule has 0 atom stereocenters. The van der Waals surface area contributed by atoms with Crippen LogP contribution in [0.25, 0.3) is 10.8 Å². The Morgan fingerprint density at radius 2 is 1.64 bits per heavy atom. The Morgan fingerprint density at radius 1 is 0.960 bits per heavy atom. The molecule has 0 heterocycles. The van der Waals surface area contributed by atoms with Crippen LogP contribution in [0.1, 0.15) is 12.5 Å². The number of fused-ring (bicyclic) bond motifs is 1. The lowest BCUT2D eigenvalue weighted by Crippen LogP contribution is -2.28. The maximum atomic E-state index is 11.9. The minimum absolute atomic E-state index is 0.0207. The molecule has 0 radical (unpaired) electrons. The molecule has 6 heteroatoms. The maximum Gasteiger partial charge on any atom is 0.264 e. The zero-order valence-corrected chi connectivity index (χ0v) is 14.3. The van der Waals surface area contributed by atoms with Crippen LogP contribution < -0.4 is 4.72 Å². The average molecular weight is 352 g/mol. The first-order chi connectivity index (χ1) is 11.9. The third-order valence-electron chi connectivity index (χ3n) is 3.56. The standard InChI is InChI=1S/C19H16N2O3S/c1-14(22)21-25(23,24)19-10-8-18(9-11-19)20-13-15-6-7-16-4-2-3-5-17(16)12-15/h2-13H,1H3,(H,21,22). The molecule has 0 aliphatic heterocycles. The molecule has 1 N–H and O–H groups in total. The van der Waals surface area contributed by atoms with E-state index in [2.05, 4.69) is 4.99 Å². The van der Waals surface area contributed by atoms with E-state index in [1.165, 1.54) is 12.1 Å². The van der Waals surface area contributed by atoms with Gasteiger partial charge in [-0.05, 0) is 46.7 Å². The molecule has 5 nitrogen and oxygen atoms in total. The van der Waals surface area contributed by atoms with Crippen molar-refractivity contribution in [3.63, 3.8) is 0 Å². The first-order valence-electron chi connectivity index (χ1n) is 7.60. The fourth-order valence-electron chi connectivity index (χ4n) is 2.40. The zero-order valence-electron chi connectivity index (χ0n) is 13.5. The van der Waals surface area contributed by atoms with Crippen LogP contribution in [-0.4, -0.2) is 20.5 Å². The van der Waals surface area contributed by atoms with Gasteiger partial charge in [0.15, 0.2) is 0 Å². The van der Waals surface area contributed by atoms with Gasteiger partial charge in [0.25, 0.3) is 10.0 Å². The molecular formula is C19H16N2O3S. The molecule has 3 rings (SSSR count). The van der Waals surface area contributed by atoms with Crippen LogP contribution >= 0.6 is 0 Å². The van der Waals surface area contributed by atoms with Gasteiger partial charge in [0.2, 0.25) is 5.91 Å². The monoisotopic (exact) mass is 352 g/mol. The zero-order chi connectivity index (χ0) is 17.9. The van der Waals surface area contributed by atoms with E-state index in [9.17, 15) is 13.2 Å². The van der Waals surface area contributed by atoms with Gasteiger partial charge in [-0.3, -0.25) is 9.79 Å². The number of benzene rings is 3. The van der Waals surface area contributed by atoms with Crippen molar-refractivity contribution in [1.29, 1.82) is 0 Å². The molecule has 126 valence electrons. The molecule has 25 heavy (non-hydrogen) atoms. The van der Waals surface area contributed by atoms with Gasteiger partial charge in [0.1, 0.15) is 0 Å². The summed E-state index contributed by atoms with van der Waals surface area (Å²) in [7, 11) is -3.82. The molecule has 0 spiro atoms. The number of nitrogens with zero attached hydrogens (tertiary/aromatic N) is 1. The minimum Gasteiger partial charge on any atom is -0.274 e. The van der Waals surface area contributed by atoms with Crippen molar-refractivity contribution in [1.82, 2.24) is 4.72 Å². The van der Waals surface area contributed by atoms with Gasteiger partial charge in [-0.2, -0.15) is 0 Å². The average Bonchev–Trinajstić information content (AvgIpc) is 2.59. The minimum atomic E-state index is -3.82. The van der Waals surface area contributed by atoms with E-state index < -0.39 is 15.9 Å². The van der Waals surface area contributed by atoms with E-state index in [-0.39, 0.29) is 4.90 Å². The maximum absolute atomic E-state index is 11.9. The smallest absolute Gasteiger partial charge is 0.264 e. The Kier molecular flexibility index (Phi) is 4.63. The number of sulfonamides is 1. The third kappa shape index (κ3) is 4.10. The Morgan fingerprint density at radius 3 is 2.32 bits per heavy atom. The number of hydrogen-bond acceptors (Lipinski definition) is 4. The molecule has 0 aliphatic rings. The van der Waals surface area contributed by atoms with Crippen molar-refractivity contribution in [2.45, 2.75) is 11.8 Å². The van der Waals surface area contributed by atoms with E-state index in [0.717, 1.165) is 23.3 Å². The summed E-state index contributed by atoms with van der Waals surface area (Å²) in [5, 5.41) is 2.29. The molecule has 3 aromatic carbocycles. The Bertz CT molecular complexity index is 1060. The summed E-state index contributed by atoms with van der Waals surface area (Å²) in [4.78, 5) is 15.3. The van der Waals surface area contributed by atoms with Crippen molar-refractivity contribution in [3.05, 3.63) is 72.3 Å². The highest BCUT2D eigenvalue weighted by Crippen LogP contribution is 2.18. The van der Waals surface area contributed by atoms with Crippen LogP contribution in [0, 0.1) is 0 Å². The van der Waals surface area contributed by atoms with Gasteiger partial charge < -0.3 is 0 Å². The highest BCUT2D eigenvalue weighted by atomic mass is 32.2. The Balaban J connectivity index is 1.80. The second-order valence-corrected chi connectivity index (χ2v) is 7.20. The van der Waals surface area contributed by atoms with Crippen LogP contribution in [0.2, 0.25) is 0 Å². The SMILES string of the molecule is CC(=O)NS(=O)(=O)c1ccc(N=Cc2ccc3ccccc3c2)cc1. The van der Waals surface area contributed by atoms with Crippen LogP contribution in [0.4, 0.5) is 5.69 Å². The number of nitrogens with one attached hydrogen (secondary N) is 1. The molecule has 0 saturated heterocycles. The van der Waals surface area contributed by atoms with Crippen LogP contribution in [0.3, 0.4) is 0 Å². The lowest BCUT2D eigenvalue weighted by molar-refractivity contribution is -0.117. The molecular weight excluding hydrogens is 336 g/mol. The number of rotatable bonds is 4. The van der Waals surface area contributed by atoms with Crippen molar-refractivity contribution in [2.24, 2.45) is 4.99 Å². The number of carbonyl (C=O) groups is 1. The fraction of sp³-hybridized carbons (Fsp3) is 0.0526. The van der Waals surface area contributed by atoms with Crippen LogP contribution in [0.15, 0.2) is 76.6 Å². The van der Waals surface area contributed by atoms with Gasteiger partial charge in [-0.1, -0.05) is 36.4 Å². The van der Waals surface area contributed by atoms with Gasteiger partial charge in [-0.15, -0.1) is 0 Å². The van der Waals surface area contributed by atoms with E-state index >= 15 is 0 Å². The van der Waals surface area contributed by atoms with Crippen LogP contribution in [0.5, 0.6) is 0 Å². The van der Waals surface area contributed by atoms with E-state index in [1.54, 1.807) is 18.3 Å². The normalized spacial score (nSPS) is 11.7. The first kappa shape index (κ1) is 16.9.